The first-order chi connectivity index (χ1) is 38.3. The first-order valence-electron chi connectivity index (χ1n) is 27.3. The molecule has 0 aliphatic carbocycles. The third-order valence-corrected chi connectivity index (χ3v) is 16.5. The standard InChI is InChI=1S/C63H73N7O9S/c1-62(2,3)78-60(71)67-36-32-48(33-37-67)46-16-20-50(21-17-46)55-30-31-56(51-22-18-47(19-23-51)49-34-38-68(39-35-49)61(72)79-63(4,5)6)58(57(55)59-64-66-70(65-59)42-45-14-28-54(77-9)29-15-45)80(73,74)69(40-43-10-24-52(75-7)25-11-43)41-44-12-26-53(76-8)27-13-44/h10-31,48-49H,32-42H2,1-9H3. The fraction of sp³-hybridized carbons (Fsp3) is 0.381. The summed E-state index contributed by atoms with van der Waals surface area (Å²) in [5.41, 5.74) is 6.24. The number of carbonyl (C=O) groups is 2. The minimum Gasteiger partial charge on any atom is -0.497 e. The third-order valence-electron chi connectivity index (χ3n) is 14.6. The minimum atomic E-state index is -4.53. The normalized spacial score (nSPS) is 14.7. The zero-order valence-corrected chi connectivity index (χ0v) is 48.2. The summed E-state index contributed by atoms with van der Waals surface area (Å²) >= 11 is 0. The van der Waals surface area contributed by atoms with Crippen LogP contribution >= 0.6 is 0 Å². The first kappa shape index (κ1) is 56.9. The Morgan fingerprint density at radius 1 is 0.537 bits per heavy atom. The molecule has 0 unspecified atom stereocenters. The van der Waals surface area contributed by atoms with Crippen LogP contribution in [0.15, 0.2) is 138 Å². The number of hydrogen-bond acceptors (Lipinski definition) is 12. The predicted octanol–water partition coefficient (Wildman–Crippen LogP) is 12.4. The van der Waals surface area contributed by atoms with Crippen molar-refractivity contribution in [1.29, 1.82) is 0 Å². The van der Waals surface area contributed by atoms with Gasteiger partial charge in [-0.2, -0.15) is 9.10 Å². The monoisotopic (exact) mass is 1100 g/mol. The lowest BCUT2D eigenvalue weighted by atomic mass is 9.87. The Bertz CT molecular complexity index is 3290. The van der Waals surface area contributed by atoms with Crippen LogP contribution in [0.1, 0.15) is 107 Å². The van der Waals surface area contributed by atoms with E-state index in [1.165, 1.54) is 9.10 Å². The Balaban J connectivity index is 1.17. The molecule has 2 saturated heterocycles. The fourth-order valence-corrected chi connectivity index (χ4v) is 12.2. The zero-order chi connectivity index (χ0) is 56.8. The second-order valence-corrected chi connectivity index (χ2v) is 24.4. The van der Waals surface area contributed by atoms with Crippen molar-refractivity contribution in [3.63, 3.8) is 0 Å². The molecule has 7 aromatic rings. The van der Waals surface area contributed by atoms with Crippen LogP contribution in [0, 0.1) is 0 Å². The maximum Gasteiger partial charge on any atom is 0.410 e. The van der Waals surface area contributed by atoms with Gasteiger partial charge in [0.2, 0.25) is 15.8 Å². The van der Waals surface area contributed by atoms with Crippen molar-refractivity contribution in [3.05, 3.63) is 161 Å². The molecule has 6 aromatic carbocycles. The highest BCUT2D eigenvalue weighted by Gasteiger charge is 2.36. The van der Waals surface area contributed by atoms with E-state index in [4.69, 9.17) is 33.9 Å². The Hall–Kier alpha value is -7.76. The molecule has 17 heteroatoms. The number of tetrazole rings is 1. The number of sulfonamides is 1. The molecule has 0 atom stereocenters. The van der Waals surface area contributed by atoms with Crippen LogP contribution in [0.3, 0.4) is 0 Å². The summed E-state index contributed by atoms with van der Waals surface area (Å²) in [7, 11) is 0.276. The van der Waals surface area contributed by atoms with E-state index in [9.17, 15) is 9.59 Å². The zero-order valence-electron chi connectivity index (χ0n) is 47.3. The van der Waals surface area contributed by atoms with Crippen LogP contribution in [-0.4, -0.2) is 114 Å². The van der Waals surface area contributed by atoms with Crippen LogP contribution in [0.5, 0.6) is 17.2 Å². The van der Waals surface area contributed by atoms with Gasteiger partial charge in [-0.1, -0.05) is 97.1 Å². The molecule has 16 nitrogen and oxygen atoms in total. The van der Waals surface area contributed by atoms with Gasteiger partial charge in [0.05, 0.1) is 33.4 Å². The second kappa shape index (κ2) is 24.3. The number of ether oxygens (including phenoxy) is 5. The number of benzene rings is 6. The van der Waals surface area contributed by atoms with Crippen LogP contribution in [-0.2, 0) is 39.1 Å². The summed E-state index contributed by atoms with van der Waals surface area (Å²) in [6.07, 6.45) is 2.43. The third kappa shape index (κ3) is 13.8. The Morgan fingerprint density at radius 3 is 1.32 bits per heavy atom. The van der Waals surface area contributed by atoms with Gasteiger partial charge in [-0.25, -0.2) is 18.0 Å². The number of carbonyl (C=O) groups excluding carboxylic acids is 2. The van der Waals surface area contributed by atoms with Crippen LogP contribution in [0.2, 0.25) is 0 Å². The molecule has 0 bridgehead atoms. The molecule has 2 fully saturated rings. The van der Waals surface area contributed by atoms with Crippen molar-refractivity contribution < 1.29 is 41.7 Å². The number of nitrogens with zero attached hydrogens (tertiary/aromatic N) is 7. The Kier molecular flexibility index (Phi) is 17.3. The first-order valence-corrected chi connectivity index (χ1v) is 28.7. The Labute approximate surface area is 470 Å². The molecule has 0 saturated carbocycles. The van der Waals surface area contributed by atoms with Crippen molar-refractivity contribution in [3.8, 4) is 50.9 Å². The maximum atomic E-state index is 16.5. The van der Waals surface area contributed by atoms with Gasteiger partial charge in [0.15, 0.2) is 0 Å². The van der Waals surface area contributed by atoms with Crippen molar-refractivity contribution in [2.24, 2.45) is 0 Å². The summed E-state index contributed by atoms with van der Waals surface area (Å²) < 4.78 is 62.3. The molecule has 2 aliphatic heterocycles. The van der Waals surface area contributed by atoms with E-state index in [2.05, 4.69) is 29.5 Å². The SMILES string of the molecule is COc1ccc(CN(Cc2ccc(OC)cc2)S(=O)(=O)c2c(-c3ccc(C4CCN(C(=O)OC(C)(C)C)CC4)cc3)ccc(-c3ccc(C4CCN(C(=O)OC(C)(C)C)CC4)cc3)c2-c2nnn(Cc3ccc(OC)cc3)n2)cc1. The summed E-state index contributed by atoms with van der Waals surface area (Å²) in [6, 6.07) is 42.6. The van der Waals surface area contributed by atoms with Gasteiger partial charge in [-0.15, -0.1) is 10.2 Å². The van der Waals surface area contributed by atoms with Crippen LogP contribution in [0.4, 0.5) is 9.59 Å². The summed E-state index contributed by atoms with van der Waals surface area (Å²) in [5, 5.41) is 14.2. The van der Waals surface area contributed by atoms with Gasteiger partial charge in [0.1, 0.15) is 33.3 Å². The van der Waals surface area contributed by atoms with E-state index in [1.54, 1.807) is 31.1 Å². The molecule has 9 rings (SSSR count). The van der Waals surface area contributed by atoms with Gasteiger partial charge in [-0.05, 0) is 165 Å². The second-order valence-electron chi connectivity index (χ2n) is 22.6. The van der Waals surface area contributed by atoms with Crippen molar-refractivity contribution in [1.82, 2.24) is 34.3 Å². The highest BCUT2D eigenvalue weighted by Crippen LogP contribution is 2.44. The lowest BCUT2D eigenvalue weighted by Gasteiger charge is -2.33. The quantitative estimate of drug-likeness (QED) is 0.0899. The van der Waals surface area contributed by atoms with E-state index in [0.29, 0.717) is 65.7 Å². The molecule has 0 radical (unpaired) electrons. The highest BCUT2D eigenvalue weighted by molar-refractivity contribution is 7.89. The minimum absolute atomic E-state index is 0.0153. The molecular weight excluding hydrogens is 1030 g/mol. The fourth-order valence-electron chi connectivity index (χ4n) is 10.4. The van der Waals surface area contributed by atoms with Crippen LogP contribution in [0.25, 0.3) is 33.6 Å². The molecule has 3 heterocycles. The van der Waals surface area contributed by atoms with Crippen LogP contribution < -0.4 is 14.2 Å². The van der Waals surface area contributed by atoms with E-state index < -0.39 is 21.2 Å². The topological polar surface area (TPSA) is 168 Å². The number of aromatic nitrogens is 4. The summed E-state index contributed by atoms with van der Waals surface area (Å²) in [5.74, 6) is 2.51. The highest BCUT2D eigenvalue weighted by atomic mass is 32.2. The lowest BCUT2D eigenvalue weighted by molar-refractivity contribution is 0.0194. The molecule has 420 valence electrons. The van der Waals surface area contributed by atoms with Gasteiger partial charge in [0.25, 0.3) is 0 Å². The molecule has 2 amide bonds. The number of hydrogen-bond donors (Lipinski definition) is 0. The molecular formula is C63H73N7O9S. The largest absolute Gasteiger partial charge is 0.497 e. The number of methoxy groups -OCH3 is 3. The molecule has 2 aliphatic rings. The summed E-state index contributed by atoms with van der Waals surface area (Å²) in [6.45, 7) is 13.8. The predicted molar refractivity (Wildman–Crippen MR) is 308 cm³/mol. The average molecular weight is 1100 g/mol. The van der Waals surface area contributed by atoms with Gasteiger partial charge in [0, 0.05) is 44.8 Å². The average Bonchev–Trinajstić information content (AvgIpc) is 4.10. The Morgan fingerprint density at radius 2 is 0.925 bits per heavy atom. The number of likely N-dealkylation sites (tertiary alicyclic amines) is 2. The van der Waals surface area contributed by atoms with E-state index in [1.807, 2.05) is 151 Å². The van der Waals surface area contributed by atoms with Gasteiger partial charge < -0.3 is 33.5 Å². The maximum absolute atomic E-state index is 16.5. The van der Waals surface area contributed by atoms with E-state index in [-0.39, 0.29) is 54.4 Å². The molecule has 0 N–H and O–H groups in total. The molecule has 80 heavy (non-hydrogen) atoms. The number of rotatable bonds is 16. The molecule has 0 spiro atoms. The van der Waals surface area contributed by atoms with E-state index in [0.717, 1.165) is 59.1 Å². The van der Waals surface area contributed by atoms with Gasteiger partial charge in [-0.3, -0.25) is 0 Å². The van der Waals surface area contributed by atoms with Crippen molar-refractivity contribution in [2.45, 2.75) is 115 Å². The van der Waals surface area contributed by atoms with Crippen molar-refractivity contribution >= 4 is 22.2 Å². The van der Waals surface area contributed by atoms with E-state index >= 15 is 8.42 Å². The van der Waals surface area contributed by atoms with Crippen molar-refractivity contribution in [2.75, 3.05) is 47.5 Å². The summed E-state index contributed by atoms with van der Waals surface area (Å²) in [4.78, 5) is 31.0. The number of amides is 2. The van der Waals surface area contributed by atoms with Gasteiger partial charge >= 0.3 is 12.2 Å². The smallest absolute Gasteiger partial charge is 0.410 e. The number of piperidine rings is 2. The lowest BCUT2D eigenvalue weighted by Crippen LogP contribution is -2.41. The molecule has 1 aromatic heterocycles.